The van der Waals surface area contributed by atoms with E-state index in [2.05, 4.69) is 10.3 Å². The summed E-state index contributed by atoms with van der Waals surface area (Å²) in [5, 5.41) is 3.34. The van der Waals surface area contributed by atoms with Crippen LogP contribution in [0.2, 0.25) is 0 Å². The highest BCUT2D eigenvalue weighted by Crippen LogP contribution is 2.32. The van der Waals surface area contributed by atoms with Gasteiger partial charge in [0.2, 0.25) is 11.8 Å². The van der Waals surface area contributed by atoms with Gasteiger partial charge in [-0.05, 0) is 19.4 Å². The maximum absolute atomic E-state index is 14.1. The Kier molecular flexibility index (Phi) is 9.49. The minimum atomic E-state index is -1.29. The first-order valence-corrected chi connectivity index (χ1v) is 12.5. The third kappa shape index (κ3) is 6.98. The Morgan fingerprint density at radius 1 is 1.16 bits per heavy atom. The van der Waals surface area contributed by atoms with Gasteiger partial charge in [-0.1, -0.05) is 30.3 Å². The van der Waals surface area contributed by atoms with Gasteiger partial charge >= 0.3 is 0 Å². The number of Topliss-reactive ketones (excluding diaryl/α,β-unsaturated/α-hetero) is 1. The van der Waals surface area contributed by atoms with Gasteiger partial charge in [0.15, 0.2) is 5.78 Å². The second-order valence-corrected chi connectivity index (χ2v) is 10.2. The van der Waals surface area contributed by atoms with Crippen LogP contribution >= 0.6 is 11.3 Å². The molecule has 12 heteroatoms. The Labute approximate surface area is 219 Å². The van der Waals surface area contributed by atoms with Gasteiger partial charge in [0.25, 0.3) is 5.91 Å². The van der Waals surface area contributed by atoms with E-state index in [1.165, 1.54) is 31.8 Å². The number of benzene rings is 1. The van der Waals surface area contributed by atoms with E-state index in [0.29, 0.717) is 9.88 Å². The molecule has 0 saturated carbocycles. The molecule has 0 spiro atoms. The molecule has 1 aromatic heterocycles. The molecule has 3 unspecified atom stereocenters. The smallest absolute Gasteiger partial charge is 0.263 e. The van der Waals surface area contributed by atoms with Crippen LogP contribution in [0.15, 0.2) is 36.5 Å². The van der Waals surface area contributed by atoms with Gasteiger partial charge in [-0.2, -0.15) is 0 Å². The van der Waals surface area contributed by atoms with Crippen molar-refractivity contribution in [2.75, 3.05) is 34.0 Å². The molecular weight excluding hydrogens is 500 g/mol. The van der Waals surface area contributed by atoms with Crippen molar-refractivity contribution in [1.82, 2.24) is 15.2 Å². The lowest BCUT2D eigenvalue weighted by Gasteiger charge is -2.38. The highest BCUT2D eigenvalue weighted by atomic mass is 32.1. The van der Waals surface area contributed by atoms with Crippen molar-refractivity contribution in [2.45, 2.75) is 44.0 Å². The lowest BCUT2D eigenvalue weighted by atomic mass is 9.91. The molecule has 3 amide bonds. The second-order valence-electron chi connectivity index (χ2n) is 8.93. The first kappa shape index (κ1) is 28.4. The molecule has 1 fully saturated rings. The van der Waals surface area contributed by atoms with E-state index in [1.54, 1.807) is 13.8 Å². The van der Waals surface area contributed by atoms with Crippen LogP contribution in [0.3, 0.4) is 0 Å². The second kappa shape index (κ2) is 12.4. The van der Waals surface area contributed by atoms with Crippen LogP contribution in [0.1, 0.15) is 27.2 Å². The number of ether oxygens (including phenoxy) is 3. The molecule has 0 bridgehead atoms. The summed E-state index contributed by atoms with van der Waals surface area (Å²) in [6.45, 7) is 3.11. The topological polar surface area (TPSA) is 153 Å². The number of aryl methyl sites for hydroxylation is 1. The summed E-state index contributed by atoms with van der Waals surface area (Å²) >= 11 is 1.17. The number of aromatic nitrogens is 1. The monoisotopic (exact) mass is 532 g/mol. The molecule has 11 nitrogen and oxygen atoms in total. The number of methoxy groups -OCH3 is 2. The van der Waals surface area contributed by atoms with Crippen molar-refractivity contribution in [3.63, 3.8) is 0 Å². The number of nitrogens with zero attached hydrogens (tertiary/aromatic N) is 2. The summed E-state index contributed by atoms with van der Waals surface area (Å²) in [6, 6.07) is 5.43. The summed E-state index contributed by atoms with van der Waals surface area (Å²) in [5.74, 6) is -2.49. The van der Waals surface area contributed by atoms with E-state index in [-0.39, 0.29) is 32.0 Å². The summed E-state index contributed by atoms with van der Waals surface area (Å²) in [5.41, 5.74) is 5.36. The predicted octanol–water partition coefficient (Wildman–Crippen LogP) is 0.495. The van der Waals surface area contributed by atoms with E-state index in [9.17, 15) is 19.2 Å². The van der Waals surface area contributed by atoms with Crippen molar-refractivity contribution >= 4 is 34.8 Å². The highest BCUT2D eigenvalue weighted by molar-refractivity contribution is 7.13. The Bertz CT molecular complexity index is 1120. The van der Waals surface area contributed by atoms with E-state index in [1.807, 2.05) is 30.3 Å². The van der Waals surface area contributed by atoms with Gasteiger partial charge in [0, 0.05) is 20.6 Å². The van der Waals surface area contributed by atoms with Crippen molar-refractivity contribution in [1.29, 1.82) is 0 Å². The number of hydrogen-bond acceptors (Lipinski definition) is 9. The number of hydrogen-bond donors (Lipinski definition) is 2. The number of amides is 3. The standard InChI is InChI=1S/C25H32N4O7S/c1-15-27-11-20(37-15)23(32)28-17(12-34-3)24(33)29(19(13-35-4)22(26)31)18(21(30)25(2)14-36-25)10-16-8-6-5-7-9-16/h5-9,11,17-19H,10,12-14H2,1-4H3,(H2,26,31)(H,28,32)/t17?,18?,19?,25-/m1/s1. The van der Waals surface area contributed by atoms with Crippen LogP contribution in [0.5, 0.6) is 0 Å². The third-order valence-electron chi connectivity index (χ3n) is 6.03. The maximum Gasteiger partial charge on any atom is 0.263 e. The fourth-order valence-electron chi connectivity index (χ4n) is 3.96. The fraction of sp³-hybridized carbons (Fsp3) is 0.480. The van der Waals surface area contributed by atoms with Gasteiger partial charge in [-0.25, -0.2) is 4.98 Å². The molecule has 1 aromatic carbocycles. The SMILES string of the molecule is COCC(NC(=O)c1cnc(C)s1)C(=O)N(C(COC)C(N)=O)C(Cc1ccccc1)C(=O)[C@@]1(C)CO1. The van der Waals surface area contributed by atoms with Crippen molar-refractivity contribution < 1.29 is 33.4 Å². The predicted molar refractivity (Wildman–Crippen MR) is 135 cm³/mol. The van der Waals surface area contributed by atoms with Gasteiger partial charge in [-0.15, -0.1) is 11.3 Å². The maximum atomic E-state index is 14.1. The molecule has 37 heavy (non-hydrogen) atoms. The molecule has 0 aliphatic carbocycles. The van der Waals surface area contributed by atoms with E-state index < -0.39 is 41.4 Å². The largest absolute Gasteiger partial charge is 0.382 e. The Morgan fingerprint density at radius 3 is 2.32 bits per heavy atom. The number of ketones is 1. The Hall–Kier alpha value is -3.19. The number of rotatable bonds is 14. The molecule has 3 rings (SSSR count). The highest BCUT2D eigenvalue weighted by Gasteiger charge is 2.53. The number of nitrogens with two attached hydrogens (primary N) is 1. The van der Waals surface area contributed by atoms with Crippen molar-refractivity contribution in [2.24, 2.45) is 5.73 Å². The Balaban J connectivity index is 2.03. The average molecular weight is 533 g/mol. The zero-order valence-electron chi connectivity index (χ0n) is 21.3. The Morgan fingerprint density at radius 2 is 1.81 bits per heavy atom. The van der Waals surface area contributed by atoms with Crippen molar-refractivity contribution in [3.05, 3.63) is 52.0 Å². The molecule has 4 atom stereocenters. The van der Waals surface area contributed by atoms with Gasteiger partial charge in [-0.3, -0.25) is 19.2 Å². The third-order valence-corrected chi connectivity index (χ3v) is 6.95. The quantitative estimate of drug-likeness (QED) is 0.334. The number of primary amides is 1. The minimum absolute atomic E-state index is 0.0968. The van der Waals surface area contributed by atoms with E-state index in [4.69, 9.17) is 19.9 Å². The summed E-state index contributed by atoms with van der Waals surface area (Å²) in [7, 11) is 2.73. The molecule has 2 aromatic rings. The first-order valence-electron chi connectivity index (χ1n) is 11.7. The van der Waals surface area contributed by atoms with Crippen LogP contribution in [-0.2, 0) is 35.0 Å². The molecule has 0 radical (unpaired) electrons. The summed E-state index contributed by atoms with van der Waals surface area (Å²) < 4.78 is 15.8. The van der Waals surface area contributed by atoms with Crippen LogP contribution in [0.4, 0.5) is 0 Å². The molecule has 1 aliphatic rings. The van der Waals surface area contributed by atoms with Crippen LogP contribution in [-0.4, -0.2) is 91.2 Å². The molecule has 2 heterocycles. The normalized spacial score (nSPS) is 18.9. The first-order chi connectivity index (χ1) is 17.6. The van der Waals surface area contributed by atoms with Crippen molar-refractivity contribution in [3.8, 4) is 0 Å². The van der Waals surface area contributed by atoms with E-state index in [0.717, 1.165) is 10.5 Å². The molecule has 1 saturated heterocycles. The van der Waals surface area contributed by atoms with E-state index >= 15 is 0 Å². The van der Waals surface area contributed by atoms with Crippen LogP contribution < -0.4 is 11.1 Å². The summed E-state index contributed by atoms with van der Waals surface area (Å²) in [6.07, 6.45) is 1.51. The molecule has 3 N–H and O–H groups in total. The lowest BCUT2D eigenvalue weighted by molar-refractivity contribution is -0.151. The average Bonchev–Trinajstić information content (AvgIpc) is 3.48. The zero-order chi connectivity index (χ0) is 27.2. The summed E-state index contributed by atoms with van der Waals surface area (Å²) in [4.78, 5) is 58.7. The molecule has 1 aliphatic heterocycles. The lowest BCUT2D eigenvalue weighted by Crippen LogP contribution is -2.64. The van der Waals surface area contributed by atoms with Gasteiger partial charge in [0.05, 0.1) is 37.1 Å². The molecule has 200 valence electrons. The van der Waals surface area contributed by atoms with Crippen LogP contribution in [0.25, 0.3) is 0 Å². The number of carbonyl (C=O) groups is 4. The van der Waals surface area contributed by atoms with Crippen LogP contribution in [0, 0.1) is 6.92 Å². The fourth-order valence-corrected chi connectivity index (χ4v) is 4.64. The van der Waals surface area contributed by atoms with Gasteiger partial charge in [0.1, 0.15) is 22.6 Å². The minimum Gasteiger partial charge on any atom is -0.382 e. The zero-order valence-corrected chi connectivity index (χ0v) is 22.1. The number of nitrogens with one attached hydrogen (secondary N) is 1. The van der Waals surface area contributed by atoms with Gasteiger partial charge < -0.3 is 30.2 Å². The molecular formula is C25H32N4O7S. The number of carbonyl (C=O) groups excluding carboxylic acids is 4. The number of epoxide rings is 1. The number of thiazole rings is 1.